The van der Waals surface area contributed by atoms with Gasteiger partial charge in [-0.15, -0.1) is 0 Å². The number of carbonyl (C=O) groups is 1. The first-order valence-corrected chi connectivity index (χ1v) is 5.35. The van der Waals surface area contributed by atoms with Crippen molar-refractivity contribution in [2.75, 3.05) is 13.2 Å². The summed E-state index contributed by atoms with van der Waals surface area (Å²) in [6, 6.07) is 0.178. The molecule has 1 saturated heterocycles. The van der Waals surface area contributed by atoms with Crippen LogP contribution < -0.4 is 5.32 Å². The van der Waals surface area contributed by atoms with Gasteiger partial charge in [-0.3, -0.25) is 4.79 Å². The second-order valence-corrected chi connectivity index (χ2v) is 4.17. The van der Waals surface area contributed by atoms with Crippen molar-refractivity contribution in [2.24, 2.45) is 5.92 Å². The van der Waals surface area contributed by atoms with E-state index >= 15 is 0 Å². The molecule has 2 aliphatic rings. The maximum atomic E-state index is 10.7. The van der Waals surface area contributed by atoms with E-state index in [2.05, 4.69) is 5.32 Å². The van der Waals surface area contributed by atoms with Crippen molar-refractivity contribution in [3.63, 3.8) is 0 Å². The summed E-state index contributed by atoms with van der Waals surface area (Å²) in [5.74, 6) is -0.836. The number of hydrogen-bond donors (Lipinski definition) is 2. The minimum Gasteiger partial charge on any atom is -0.481 e. The third kappa shape index (κ3) is 2.07. The molecule has 1 aliphatic heterocycles. The van der Waals surface area contributed by atoms with Crippen molar-refractivity contribution in [2.45, 2.75) is 37.8 Å². The van der Waals surface area contributed by atoms with Gasteiger partial charge in [-0.1, -0.05) is 0 Å². The van der Waals surface area contributed by atoms with Crippen LogP contribution in [0.4, 0.5) is 0 Å². The van der Waals surface area contributed by atoms with E-state index < -0.39 is 5.97 Å². The number of carboxylic acid groups (broad SMARTS) is 1. The number of nitrogens with one attached hydrogen (secondary N) is 1. The molecule has 0 radical (unpaired) electrons. The highest BCUT2D eigenvalue weighted by atomic mass is 16.5. The number of hydrogen-bond acceptors (Lipinski definition) is 3. The highest BCUT2D eigenvalue weighted by Gasteiger charge is 2.36. The summed E-state index contributed by atoms with van der Waals surface area (Å²) >= 11 is 0. The van der Waals surface area contributed by atoms with Gasteiger partial charge < -0.3 is 15.2 Å². The van der Waals surface area contributed by atoms with Gasteiger partial charge in [-0.05, 0) is 25.7 Å². The third-order valence-electron chi connectivity index (χ3n) is 3.22. The molecule has 0 aromatic rings. The molecule has 1 aliphatic carbocycles. The fourth-order valence-electron chi connectivity index (χ4n) is 2.13. The molecule has 3 atom stereocenters. The molecular formula is C10H17NO3. The Bertz CT molecular complexity index is 213. The predicted octanol–water partition coefficient (Wildman–Crippen LogP) is 0.618. The van der Waals surface area contributed by atoms with Crippen molar-refractivity contribution in [3.8, 4) is 0 Å². The van der Waals surface area contributed by atoms with Gasteiger partial charge in [0.25, 0.3) is 0 Å². The maximum Gasteiger partial charge on any atom is 0.308 e. The Labute approximate surface area is 83.6 Å². The van der Waals surface area contributed by atoms with Crippen molar-refractivity contribution < 1.29 is 14.6 Å². The van der Waals surface area contributed by atoms with E-state index in [1.54, 1.807) is 0 Å². The van der Waals surface area contributed by atoms with Crippen molar-refractivity contribution in [1.29, 1.82) is 0 Å². The van der Waals surface area contributed by atoms with E-state index in [1.165, 1.54) is 0 Å². The SMILES string of the molecule is O=C(O)C1CCC1NCC1CCCO1. The quantitative estimate of drug-likeness (QED) is 0.696. The van der Waals surface area contributed by atoms with E-state index in [4.69, 9.17) is 9.84 Å². The minimum atomic E-state index is -0.666. The molecule has 0 spiro atoms. The van der Waals surface area contributed by atoms with Crippen LogP contribution >= 0.6 is 0 Å². The van der Waals surface area contributed by atoms with Crippen molar-refractivity contribution >= 4 is 5.97 Å². The molecule has 4 heteroatoms. The van der Waals surface area contributed by atoms with Crippen LogP contribution in [0, 0.1) is 5.92 Å². The Hall–Kier alpha value is -0.610. The number of carboxylic acids is 1. The van der Waals surface area contributed by atoms with Crippen LogP contribution in [0.15, 0.2) is 0 Å². The zero-order chi connectivity index (χ0) is 9.97. The Morgan fingerprint density at radius 3 is 2.79 bits per heavy atom. The van der Waals surface area contributed by atoms with Crippen LogP contribution in [-0.2, 0) is 9.53 Å². The van der Waals surface area contributed by atoms with Gasteiger partial charge in [-0.25, -0.2) is 0 Å². The predicted molar refractivity (Wildman–Crippen MR) is 51.1 cm³/mol. The lowest BCUT2D eigenvalue weighted by Gasteiger charge is -2.34. The first-order chi connectivity index (χ1) is 6.77. The molecule has 14 heavy (non-hydrogen) atoms. The summed E-state index contributed by atoms with van der Waals surface area (Å²) in [5.41, 5.74) is 0. The summed E-state index contributed by atoms with van der Waals surface area (Å²) in [6.07, 6.45) is 4.36. The van der Waals surface area contributed by atoms with Crippen molar-refractivity contribution in [1.82, 2.24) is 5.32 Å². The van der Waals surface area contributed by atoms with E-state index in [9.17, 15) is 4.79 Å². The monoisotopic (exact) mass is 199 g/mol. The van der Waals surface area contributed by atoms with E-state index in [-0.39, 0.29) is 12.0 Å². The molecule has 0 bridgehead atoms. The number of rotatable bonds is 4. The normalized spacial score (nSPS) is 36.7. The van der Waals surface area contributed by atoms with Crippen LogP contribution in [0.5, 0.6) is 0 Å². The van der Waals surface area contributed by atoms with E-state index in [0.29, 0.717) is 6.10 Å². The zero-order valence-corrected chi connectivity index (χ0v) is 8.24. The lowest BCUT2D eigenvalue weighted by molar-refractivity contribution is -0.146. The van der Waals surface area contributed by atoms with Gasteiger partial charge in [0.1, 0.15) is 0 Å². The van der Waals surface area contributed by atoms with E-state index in [1.807, 2.05) is 0 Å². The van der Waals surface area contributed by atoms with Crippen LogP contribution in [0.25, 0.3) is 0 Å². The second kappa shape index (κ2) is 4.28. The number of ether oxygens (including phenoxy) is 1. The lowest BCUT2D eigenvalue weighted by Crippen LogP contribution is -2.49. The molecule has 2 rings (SSSR count). The van der Waals surface area contributed by atoms with Gasteiger partial charge in [0.05, 0.1) is 12.0 Å². The zero-order valence-electron chi connectivity index (χ0n) is 8.24. The third-order valence-corrected chi connectivity index (χ3v) is 3.22. The van der Waals surface area contributed by atoms with Crippen LogP contribution in [0.2, 0.25) is 0 Å². The Kier molecular flexibility index (Phi) is 3.03. The first kappa shape index (κ1) is 9.93. The summed E-state index contributed by atoms with van der Waals surface area (Å²) < 4.78 is 5.46. The molecule has 0 aromatic heterocycles. The highest BCUT2D eigenvalue weighted by Crippen LogP contribution is 2.27. The average Bonchev–Trinajstić information content (AvgIpc) is 2.53. The fourth-order valence-corrected chi connectivity index (χ4v) is 2.13. The largest absolute Gasteiger partial charge is 0.481 e. The summed E-state index contributed by atoms with van der Waals surface area (Å²) in [6.45, 7) is 1.67. The summed E-state index contributed by atoms with van der Waals surface area (Å²) in [7, 11) is 0. The Morgan fingerprint density at radius 2 is 2.29 bits per heavy atom. The van der Waals surface area contributed by atoms with Crippen molar-refractivity contribution in [3.05, 3.63) is 0 Å². The molecule has 3 unspecified atom stereocenters. The maximum absolute atomic E-state index is 10.7. The van der Waals surface area contributed by atoms with Gasteiger partial charge in [0.2, 0.25) is 0 Å². The Balaban J connectivity index is 1.67. The number of aliphatic carboxylic acids is 1. The van der Waals surface area contributed by atoms with E-state index in [0.717, 1.165) is 38.8 Å². The minimum absolute atomic E-state index is 0.170. The molecule has 1 saturated carbocycles. The fraction of sp³-hybridized carbons (Fsp3) is 0.900. The molecule has 2 fully saturated rings. The van der Waals surface area contributed by atoms with Gasteiger partial charge >= 0.3 is 5.97 Å². The standard InChI is InChI=1S/C10H17NO3/c12-10(13)8-3-4-9(8)11-6-7-2-1-5-14-7/h7-9,11H,1-6H2,(H,12,13). The molecule has 80 valence electrons. The first-order valence-electron chi connectivity index (χ1n) is 5.35. The van der Waals surface area contributed by atoms with Gasteiger partial charge in [0, 0.05) is 19.2 Å². The van der Waals surface area contributed by atoms with Crippen LogP contribution in [0.1, 0.15) is 25.7 Å². The summed E-state index contributed by atoms with van der Waals surface area (Å²) in [5, 5.41) is 12.1. The highest BCUT2D eigenvalue weighted by molar-refractivity contribution is 5.72. The molecule has 0 aromatic carbocycles. The average molecular weight is 199 g/mol. The topological polar surface area (TPSA) is 58.6 Å². The van der Waals surface area contributed by atoms with Crippen LogP contribution in [-0.4, -0.2) is 36.4 Å². The summed E-state index contributed by atoms with van der Waals surface area (Å²) in [4.78, 5) is 10.7. The molecular weight excluding hydrogens is 182 g/mol. The van der Waals surface area contributed by atoms with Crippen LogP contribution in [0.3, 0.4) is 0 Å². The lowest BCUT2D eigenvalue weighted by atomic mass is 9.79. The molecule has 1 heterocycles. The second-order valence-electron chi connectivity index (χ2n) is 4.17. The smallest absolute Gasteiger partial charge is 0.308 e. The van der Waals surface area contributed by atoms with Gasteiger partial charge in [0.15, 0.2) is 0 Å². The molecule has 2 N–H and O–H groups in total. The molecule has 4 nitrogen and oxygen atoms in total. The molecule has 0 amide bonds. The van der Waals surface area contributed by atoms with Gasteiger partial charge in [-0.2, -0.15) is 0 Å². The Morgan fingerprint density at radius 1 is 1.43 bits per heavy atom.